The van der Waals surface area contributed by atoms with Crippen molar-refractivity contribution in [2.75, 3.05) is 30.3 Å². The van der Waals surface area contributed by atoms with Crippen molar-refractivity contribution >= 4 is 57.2 Å². The number of phenolic OH excluding ortho intramolecular Hbond substituents is 1. The van der Waals surface area contributed by atoms with Crippen LogP contribution in [0.2, 0.25) is 10.0 Å². The number of piperidine rings is 1. The highest BCUT2D eigenvalue weighted by Crippen LogP contribution is 2.32. The third-order valence-corrected chi connectivity index (χ3v) is 6.72. The van der Waals surface area contributed by atoms with Crippen LogP contribution in [-0.4, -0.2) is 46.4 Å². The molecule has 1 aliphatic heterocycles. The maximum atomic E-state index is 12.5. The zero-order valence-electron chi connectivity index (χ0n) is 17.6. The molecule has 7 nitrogen and oxygen atoms in total. The predicted octanol–water partition coefficient (Wildman–Crippen LogP) is 5.11. The van der Waals surface area contributed by atoms with Gasteiger partial charge in [-0.25, -0.2) is 4.98 Å². The number of nitrogens with zero attached hydrogens (tertiary/aromatic N) is 2. The Morgan fingerprint density at radius 2 is 1.82 bits per heavy atom. The highest BCUT2D eigenvalue weighted by atomic mass is 35.5. The predicted molar refractivity (Wildman–Crippen MR) is 132 cm³/mol. The number of rotatable bonds is 6. The number of carbonyl (C=O) groups is 2. The van der Waals surface area contributed by atoms with Gasteiger partial charge in [-0.15, -0.1) is 11.3 Å². The second kappa shape index (κ2) is 10.5. The van der Waals surface area contributed by atoms with E-state index in [2.05, 4.69) is 15.6 Å². The molecule has 1 aliphatic rings. The minimum Gasteiger partial charge on any atom is -0.508 e. The molecule has 0 atom stereocenters. The van der Waals surface area contributed by atoms with Gasteiger partial charge >= 0.3 is 0 Å². The van der Waals surface area contributed by atoms with Crippen molar-refractivity contribution in [2.45, 2.75) is 12.8 Å². The normalized spacial score (nSPS) is 14.7. The van der Waals surface area contributed by atoms with Gasteiger partial charge in [-0.2, -0.15) is 0 Å². The number of phenols is 1. The summed E-state index contributed by atoms with van der Waals surface area (Å²) < 4.78 is 0. The molecule has 1 aromatic heterocycles. The zero-order valence-corrected chi connectivity index (χ0v) is 19.9. The third kappa shape index (κ3) is 6.23. The molecule has 0 unspecified atom stereocenters. The average molecular weight is 505 g/mol. The summed E-state index contributed by atoms with van der Waals surface area (Å²) in [6.07, 6.45) is 1.35. The lowest BCUT2D eigenvalue weighted by Crippen LogP contribution is -2.41. The van der Waals surface area contributed by atoms with Crippen molar-refractivity contribution in [3.8, 4) is 17.0 Å². The number of likely N-dealkylation sites (tertiary alicyclic amines) is 1. The second-order valence-electron chi connectivity index (χ2n) is 7.80. The van der Waals surface area contributed by atoms with Crippen LogP contribution < -0.4 is 10.6 Å². The van der Waals surface area contributed by atoms with Crippen molar-refractivity contribution in [3.05, 3.63) is 57.9 Å². The van der Waals surface area contributed by atoms with E-state index in [-0.39, 0.29) is 30.0 Å². The Balaban J connectivity index is 1.24. The summed E-state index contributed by atoms with van der Waals surface area (Å²) in [5, 5.41) is 18.5. The molecule has 0 saturated carbocycles. The molecule has 3 N–H and O–H groups in total. The van der Waals surface area contributed by atoms with Crippen LogP contribution in [0.5, 0.6) is 5.75 Å². The molecule has 2 heterocycles. The second-order valence-corrected chi connectivity index (χ2v) is 9.50. The number of carbonyl (C=O) groups excluding carboxylic acids is 2. The molecule has 0 spiro atoms. The molecular formula is C23H22Cl2N4O3S. The van der Waals surface area contributed by atoms with Crippen LogP contribution in [0.4, 0.5) is 10.8 Å². The lowest BCUT2D eigenvalue weighted by atomic mass is 9.96. The Morgan fingerprint density at radius 1 is 1.09 bits per heavy atom. The summed E-state index contributed by atoms with van der Waals surface area (Å²) in [5.41, 5.74) is 2.09. The number of aromatic nitrogens is 1. The van der Waals surface area contributed by atoms with Gasteiger partial charge < -0.3 is 15.7 Å². The van der Waals surface area contributed by atoms with E-state index < -0.39 is 0 Å². The van der Waals surface area contributed by atoms with Crippen molar-refractivity contribution in [1.82, 2.24) is 9.88 Å². The Bertz CT molecular complexity index is 1140. The molecule has 0 bridgehead atoms. The van der Waals surface area contributed by atoms with Gasteiger partial charge in [0.2, 0.25) is 11.8 Å². The fourth-order valence-electron chi connectivity index (χ4n) is 3.66. The van der Waals surface area contributed by atoms with E-state index in [1.807, 2.05) is 10.3 Å². The van der Waals surface area contributed by atoms with Gasteiger partial charge in [0.15, 0.2) is 5.13 Å². The molecule has 1 saturated heterocycles. The Morgan fingerprint density at radius 3 is 2.52 bits per heavy atom. The standard InChI is InChI=1S/C23H22Cl2N4O3S/c24-15-1-6-18(19(25)11-15)20-13-33-23(27-20)28-21(31)12-29-9-7-14(8-10-29)22(32)26-16-2-4-17(30)5-3-16/h1-6,11,13-14,30H,7-10,12H2,(H,26,32)(H,27,28,31). The van der Waals surface area contributed by atoms with Crippen molar-refractivity contribution in [1.29, 1.82) is 0 Å². The number of hydrogen-bond acceptors (Lipinski definition) is 6. The zero-order chi connectivity index (χ0) is 23.4. The maximum absolute atomic E-state index is 12.5. The van der Waals surface area contributed by atoms with E-state index in [1.54, 1.807) is 30.3 Å². The fraction of sp³-hybridized carbons (Fsp3) is 0.261. The first kappa shape index (κ1) is 23.5. The molecule has 2 amide bonds. The van der Waals surface area contributed by atoms with Crippen molar-refractivity contribution in [2.24, 2.45) is 5.92 Å². The number of nitrogens with one attached hydrogen (secondary N) is 2. The molecule has 1 fully saturated rings. The molecule has 33 heavy (non-hydrogen) atoms. The van der Waals surface area contributed by atoms with Gasteiger partial charge in [-0.3, -0.25) is 14.5 Å². The molecular weight excluding hydrogens is 483 g/mol. The molecule has 0 aliphatic carbocycles. The Labute approximate surface area is 205 Å². The van der Waals surface area contributed by atoms with E-state index in [4.69, 9.17) is 23.2 Å². The van der Waals surface area contributed by atoms with E-state index in [1.165, 1.54) is 23.5 Å². The Kier molecular flexibility index (Phi) is 7.49. The first-order valence-electron chi connectivity index (χ1n) is 10.4. The number of thiazole rings is 1. The van der Waals surface area contributed by atoms with Gasteiger partial charge in [0.25, 0.3) is 0 Å². The monoisotopic (exact) mass is 504 g/mol. The van der Waals surface area contributed by atoms with E-state index in [0.717, 1.165) is 5.56 Å². The minimum absolute atomic E-state index is 0.0408. The van der Waals surface area contributed by atoms with Gasteiger partial charge in [0, 0.05) is 27.6 Å². The maximum Gasteiger partial charge on any atom is 0.240 e. The van der Waals surface area contributed by atoms with Gasteiger partial charge in [-0.05, 0) is 68.4 Å². The number of benzene rings is 2. The van der Waals surface area contributed by atoms with Crippen LogP contribution in [0.15, 0.2) is 47.8 Å². The topological polar surface area (TPSA) is 94.6 Å². The van der Waals surface area contributed by atoms with Gasteiger partial charge in [0.05, 0.1) is 17.3 Å². The highest BCUT2D eigenvalue weighted by Gasteiger charge is 2.26. The van der Waals surface area contributed by atoms with Crippen molar-refractivity contribution < 1.29 is 14.7 Å². The first-order chi connectivity index (χ1) is 15.9. The lowest BCUT2D eigenvalue weighted by Gasteiger charge is -2.30. The first-order valence-corrected chi connectivity index (χ1v) is 12.0. The summed E-state index contributed by atoms with van der Waals surface area (Å²) in [7, 11) is 0. The summed E-state index contributed by atoms with van der Waals surface area (Å²) in [5.74, 6) is -0.142. The fourth-order valence-corrected chi connectivity index (χ4v) is 4.89. The van der Waals surface area contributed by atoms with E-state index >= 15 is 0 Å². The quantitative estimate of drug-likeness (QED) is 0.405. The molecule has 10 heteroatoms. The van der Waals surface area contributed by atoms with Crippen LogP contribution in [-0.2, 0) is 9.59 Å². The Hall–Kier alpha value is -2.65. The molecule has 0 radical (unpaired) electrons. The smallest absolute Gasteiger partial charge is 0.240 e. The molecule has 3 aromatic rings. The largest absolute Gasteiger partial charge is 0.508 e. The molecule has 4 rings (SSSR count). The SMILES string of the molecule is O=C(CN1CCC(C(=O)Nc2ccc(O)cc2)CC1)Nc1nc(-c2ccc(Cl)cc2Cl)cs1. The molecule has 2 aromatic carbocycles. The van der Waals surface area contributed by atoms with Gasteiger partial charge in [-0.1, -0.05) is 23.2 Å². The summed E-state index contributed by atoms with van der Waals surface area (Å²) >= 11 is 13.5. The summed E-state index contributed by atoms with van der Waals surface area (Å²) in [6.45, 7) is 1.55. The van der Waals surface area contributed by atoms with Crippen molar-refractivity contribution in [3.63, 3.8) is 0 Å². The lowest BCUT2D eigenvalue weighted by molar-refractivity contribution is -0.121. The van der Waals surface area contributed by atoms with Crippen LogP contribution in [0.25, 0.3) is 11.3 Å². The number of aromatic hydroxyl groups is 1. The third-order valence-electron chi connectivity index (χ3n) is 5.42. The minimum atomic E-state index is -0.148. The van der Waals surface area contributed by atoms with Crippen LogP contribution in [0.3, 0.4) is 0 Å². The van der Waals surface area contributed by atoms with Crippen LogP contribution in [0, 0.1) is 5.92 Å². The number of anilines is 2. The summed E-state index contributed by atoms with van der Waals surface area (Å²) in [6, 6.07) is 11.6. The van der Waals surface area contributed by atoms with Crippen LogP contribution >= 0.6 is 34.5 Å². The highest BCUT2D eigenvalue weighted by molar-refractivity contribution is 7.14. The van der Waals surface area contributed by atoms with Gasteiger partial charge in [0.1, 0.15) is 5.75 Å². The molecule has 172 valence electrons. The summed E-state index contributed by atoms with van der Waals surface area (Å²) in [4.78, 5) is 31.5. The average Bonchev–Trinajstić information content (AvgIpc) is 3.23. The van der Waals surface area contributed by atoms with E-state index in [9.17, 15) is 14.7 Å². The van der Waals surface area contributed by atoms with Crippen LogP contribution in [0.1, 0.15) is 12.8 Å². The number of amides is 2. The van der Waals surface area contributed by atoms with E-state index in [0.29, 0.717) is 52.5 Å². The number of halogens is 2. The number of hydrogen-bond donors (Lipinski definition) is 3.